The number of carbonyl (C=O) groups is 1. The quantitative estimate of drug-likeness (QED) is 0.446. The number of halogens is 2. The second-order valence-corrected chi connectivity index (χ2v) is 9.67. The molecule has 1 N–H and O–H groups in total. The molecule has 7 nitrogen and oxygen atoms in total. The maximum Gasteiger partial charge on any atom is 0.247 e. The molecule has 0 heterocycles. The van der Waals surface area contributed by atoms with E-state index in [0.717, 1.165) is 4.31 Å². The highest BCUT2D eigenvalue weighted by Crippen LogP contribution is 2.31. The number of sulfonamides is 1. The Labute approximate surface area is 202 Å². The van der Waals surface area contributed by atoms with Crippen molar-refractivity contribution >= 4 is 44.8 Å². The molecule has 0 aliphatic heterocycles. The number of nitrogens with zero attached hydrogens (tertiary/aromatic N) is 1. The predicted molar refractivity (Wildman–Crippen MR) is 129 cm³/mol. The molecule has 0 aliphatic rings. The standard InChI is InChI=1S/C23H22Cl2N2O5S/c1-31-18-9-11-21(32-2)22(13-18)33(29,30)27(14-16-6-4-3-5-7-16)15-23(28)26-17-8-10-19(24)20(25)12-17/h3-13H,14-15H2,1-2H3,(H,26,28). The van der Waals surface area contributed by atoms with Gasteiger partial charge in [-0.3, -0.25) is 4.79 Å². The Kier molecular flexibility index (Phi) is 8.20. The molecule has 0 fully saturated rings. The van der Waals surface area contributed by atoms with Gasteiger partial charge < -0.3 is 14.8 Å². The van der Waals surface area contributed by atoms with Crippen LogP contribution in [0.4, 0.5) is 5.69 Å². The summed E-state index contributed by atoms with van der Waals surface area (Å²) in [5, 5.41) is 3.27. The maximum atomic E-state index is 13.6. The van der Waals surface area contributed by atoms with Gasteiger partial charge in [-0.1, -0.05) is 53.5 Å². The summed E-state index contributed by atoms with van der Waals surface area (Å²) in [5.41, 5.74) is 1.11. The lowest BCUT2D eigenvalue weighted by Gasteiger charge is -2.23. The maximum absolute atomic E-state index is 13.6. The van der Waals surface area contributed by atoms with E-state index in [-0.39, 0.29) is 22.2 Å². The molecule has 3 aromatic carbocycles. The van der Waals surface area contributed by atoms with Crippen LogP contribution in [0.2, 0.25) is 10.0 Å². The molecule has 10 heteroatoms. The van der Waals surface area contributed by atoms with Gasteiger partial charge in [0, 0.05) is 18.3 Å². The van der Waals surface area contributed by atoms with Gasteiger partial charge in [0.15, 0.2) is 0 Å². The summed E-state index contributed by atoms with van der Waals surface area (Å²) in [6.07, 6.45) is 0. The number of hydrogen-bond acceptors (Lipinski definition) is 5. The molecule has 174 valence electrons. The van der Waals surface area contributed by atoms with Crippen molar-refractivity contribution in [3.05, 3.63) is 82.3 Å². The van der Waals surface area contributed by atoms with Crippen molar-refractivity contribution in [2.45, 2.75) is 11.4 Å². The van der Waals surface area contributed by atoms with E-state index in [9.17, 15) is 13.2 Å². The molecule has 0 atom stereocenters. The van der Waals surface area contributed by atoms with E-state index in [0.29, 0.717) is 22.0 Å². The van der Waals surface area contributed by atoms with Gasteiger partial charge >= 0.3 is 0 Å². The largest absolute Gasteiger partial charge is 0.497 e. The Morgan fingerprint density at radius 2 is 1.67 bits per heavy atom. The Balaban J connectivity index is 1.95. The van der Waals surface area contributed by atoms with Crippen LogP contribution in [-0.2, 0) is 21.4 Å². The number of nitrogens with one attached hydrogen (secondary N) is 1. The van der Waals surface area contributed by atoms with Gasteiger partial charge in [0.1, 0.15) is 16.4 Å². The predicted octanol–water partition coefficient (Wildman–Crippen LogP) is 4.84. The lowest BCUT2D eigenvalue weighted by atomic mass is 10.2. The van der Waals surface area contributed by atoms with Crippen LogP contribution in [0.1, 0.15) is 5.56 Å². The van der Waals surface area contributed by atoms with Gasteiger partial charge in [0.25, 0.3) is 0 Å². The summed E-state index contributed by atoms with van der Waals surface area (Å²) in [6.45, 7) is -0.476. The number of ether oxygens (including phenoxy) is 2. The van der Waals surface area contributed by atoms with Crippen LogP contribution in [0.5, 0.6) is 11.5 Å². The SMILES string of the molecule is COc1ccc(OC)c(S(=O)(=O)N(CC(=O)Nc2ccc(Cl)c(Cl)c2)Cc2ccccc2)c1. The van der Waals surface area contributed by atoms with Crippen LogP contribution in [0, 0.1) is 0 Å². The minimum absolute atomic E-state index is 0.0294. The topological polar surface area (TPSA) is 84.9 Å². The number of rotatable bonds is 9. The van der Waals surface area contributed by atoms with Crippen molar-refractivity contribution < 1.29 is 22.7 Å². The summed E-state index contributed by atoms with van der Waals surface area (Å²) in [5.74, 6) is -0.0668. The van der Waals surface area contributed by atoms with Crippen molar-refractivity contribution in [3.8, 4) is 11.5 Å². The van der Waals surface area contributed by atoms with Gasteiger partial charge in [-0.15, -0.1) is 0 Å². The zero-order valence-electron chi connectivity index (χ0n) is 17.9. The second-order valence-electron chi connectivity index (χ2n) is 6.95. The summed E-state index contributed by atoms with van der Waals surface area (Å²) in [7, 11) is -1.35. The number of methoxy groups -OCH3 is 2. The van der Waals surface area contributed by atoms with Gasteiger partial charge in [0.2, 0.25) is 15.9 Å². The van der Waals surface area contributed by atoms with E-state index in [4.69, 9.17) is 32.7 Å². The number of amides is 1. The molecule has 0 radical (unpaired) electrons. The van der Waals surface area contributed by atoms with E-state index in [2.05, 4.69) is 5.32 Å². The number of anilines is 1. The minimum atomic E-state index is -4.16. The molecule has 0 saturated carbocycles. The van der Waals surface area contributed by atoms with Gasteiger partial charge in [-0.2, -0.15) is 4.31 Å². The van der Waals surface area contributed by atoms with E-state index in [1.54, 1.807) is 42.5 Å². The second kappa shape index (κ2) is 10.9. The number of benzene rings is 3. The summed E-state index contributed by atoms with van der Waals surface area (Å²) >= 11 is 11.9. The zero-order chi connectivity index (χ0) is 24.0. The van der Waals surface area contributed by atoms with Gasteiger partial charge in [-0.25, -0.2) is 8.42 Å². The average molecular weight is 509 g/mol. The van der Waals surface area contributed by atoms with Crippen LogP contribution in [0.3, 0.4) is 0 Å². The number of hydrogen-bond donors (Lipinski definition) is 1. The molecule has 0 spiro atoms. The summed E-state index contributed by atoms with van der Waals surface area (Å²) in [6, 6.07) is 18.0. The lowest BCUT2D eigenvalue weighted by molar-refractivity contribution is -0.116. The minimum Gasteiger partial charge on any atom is -0.497 e. The Morgan fingerprint density at radius 3 is 2.30 bits per heavy atom. The fourth-order valence-electron chi connectivity index (χ4n) is 3.07. The molecule has 0 saturated heterocycles. The van der Waals surface area contributed by atoms with Gasteiger partial charge in [0.05, 0.1) is 30.8 Å². The highest BCUT2D eigenvalue weighted by atomic mass is 35.5. The first-order valence-corrected chi connectivity index (χ1v) is 11.9. The van der Waals surface area contributed by atoms with Crippen LogP contribution < -0.4 is 14.8 Å². The molecular formula is C23H22Cl2N2O5S. The Bertz CT molecular complexity index is 1240. The van der Waals surface area contributed by atoms with Crippen molar-refractivity contribution in [2.75, 3.05) is 26.1 Å². The molecule has 3 aromatic rings. The average Bonchev–Trinajstić information content (AvgIpc) is 2.81. The Morgan fingerprint density at radius 1 is 0.939 bits per heavy atom. The third-order valence-electron chi connectivity index (χ3n) is 4.71. The molecule has 33 heavy (non-hydrogen) atoms. The van der Waals surface area contributed by atoms with Crippen molar-refractivity contribution in [3.63, 3.8) is 0 Å². The fraction of sp³-hybridized carbons (Fsp3) is 0.174. The smallest absolute Gasteiger partial charge is 0.247 e. The van der Waals surface area contributed by atoms with Crippen LogP contribution in [-0.4, -0.2) is 39.4 Å². The van der Waals surface area contributed by atoms with Crippen LogP contribution >= 0.6 is 23.2 Å². The molecule has 0 bridgehead atoms. The fourth-order valence-corrected chi connectivity index (χ4v) is 4.93. The summed E-state index contributed by atoms with van der Waals surface area (Å²) < 4.78 is 38.8. The Hall–Kier alpha value is -2.78. The first kappa shape index (κ1) is 24.9. The molecule has 0 aliphatic carbocycles. The van der Waals surface area contributed by atoms with E-state index in [1.807, 2.05) is 6.07 Å². The van der Waals surface area contributed by atoms with E-state index in [1.165, 1.54) is 32.4 Å². The van der Waals surface area contributed by atoms with Crippen LogP contribution in [0.25, 0.3) is 0 Å². The molecule has 0 aromatic heterocycles. The highest BCUT2D eigenvalue weighted by molar-refractivity contribution is 7.89. The normalized spacial score (nSPS) is 11.3. The molecule has 1 amide bonds. The van der Waals surface area contributed by atoms with E-state index < -0.39 is 22.5 Å². The summed E-state index contributed by atoms with van der Waals surface area (Å²) in [4.78, 5) is 12.7. The third-order valence-corrected chi connectivity index (χ3v) is 7.27. The van der Waals surface area contributed by atoms with Gasteiger partial charge in [-0.05, 0) is 35.9 Å². The molecule has 0 unspecified atom stereocenters. The van der Waals surface area contributed by atoms with Crippen LogP contribution in [0.15, 0.2) is 71.6 Å². The van der Waals surface area contributed by atoms with Crippen molar-refractivity contribution in [2.24, 2.45) is 0 Å². The first-order valence-electron chi connectivity index (χ1n) is 9.75. The van der Waals surface area contributed by atoms with E-state index >= 15 is 0 Å². The number of carbonyl (C=O) groups excluding carboxylic acids is 1. The monoisotopic (exact) mass is 508 g/mol. The highest BCUT2D eigenvalue weighted by Gasteiger charge is 2.30. The zero-order valence-corrected chi connectivity index (χ0v) is 20.2. The van der Waals surface area contributed by atoms with Crippen molar-refractivity contribution in [1.82, 2.24) is 4.31 Å². The molecule has 3 rings (SSSR count). The first-order chi connectivity index (χ1) is 15.7. The lowest BCUT2D eigenvalue weighted by Crippen LogP contribution is -2.37. The molecular weight excluding hydrogens is 487 g/mol. The van der Waals surface area contributed by atoms with Crippen molar-refractivity contribution in [1.29, 1.82) is 0 Å². The third kappa shape index (κ3) is 6.17.